The number of carbonyl (C=O) groups excluding carboxylic acids is 2. The zero-order chi connectivity index (χ0) is 20.5. The van der Waals surface area contributed by atoms with Gasteiger partial charge in [0, 0.05) is 0 Å². The minimum atomic E-state index is -4.01. The van der Waals surface area contributed by atoms with Gasteiger partial charge in [-0.15, -0.1) is 0 Å². The summed E-state index contributed by atoms with van der Waals surface area (Å²) in [5.74, 6) is -0.472. The Kier molecular flexibility index (Phi) is 5.42. The van der Waals surface area contributed by atoms with E-state index in [9.17, 15) is 18.0 Å². The number of amides is 2. The van der Waals surface area contributed by atoms with E-state index >= 15 is 0 Å². The third kappa shape index (κ3) is 3.47. The zero-order valence-corrected chi connectivity index (χ0v) is 16.7. The molecule has 3 rings (SSSR count). The first-order chi connectivity index (χ1) is 13.3. The Morgan fingerprint density at radius 3 is 2.54 bits per heavy atom. The molecule has 0 aromatic heterocycles. The molecule has 0 aliphatic carbocycles. The van der Waals surface area contributed by atoms with E-state index in [0.29, 0.717) is 10.7 Å². The lowest BCUT2D eigenvalue weighted by molar-refractivity contribution is -0.121. The van der Waals surface area contributed by atoms with Crippen molar-refractivity contribution in [3.63, 3.8) is 0 Å². The van der Waals surface area contributed by atoms with Gasteiger partial charge in [0.15, 0.2) is 0 Å². The van der Waals surface area contributed by atoms with Gasteiger partial charge in [-0.25, -0.2) is 12.7 Å². The summed E-state index contributed by atoms with van der Waals surface area (Å²) >= 11 is 0. The van der Waals surface area contributed by atoms with E-state index in [1.165, 1.54) is 12.1 Å². The number of carbonyl (C=O) groups is 2. The smallest absolute Gasteiger partial charge is 0.269 e. The van der Waals surface area contributed by atoms with Crippen molar-refractivity contribution < 1.29 is 22.7 Å². The van der Waals surface area contributed by atoms with Crippen LogP contribution < -0.4 is 10.1 Å². The van der Waals surface area contributed by atoms with Gasteiger partial charge in [0.05, 0.1) is 18.7 Å². The lowest BCUT2D eigenvalue weighted by Crippen LogP contribution is -2.41. The maximum absolute atomic E-state index is 12.6. The van der Waals surface area contributed by atoms with E-state index < -0.39 is 28.4 Å². The van der Waals surface area contributed by atoms with Crippen LogP contribution >= 0.6 is 0 Å². The second-order valence-corrected chi connectivity index (χ2v) is 8.40. The Morgan fingerprint density at radius 1 is 1.21 bits per heavy atom. The van der Waals surface area contributed by atoms with Crippen LogP contribution in [0.15, 0.2) is 47.4 Å². The van der Waals surface area contributed by atoms with Crippen LogP contribution in [0.1, 0.15) is 40.9 Å². The van der Waals surface area contributed by atoms with E-state index in [1.807, 2.05) is 32.0 Å². The third-order valence-corrected chi connectivity index (χ3v) is 6.55. The van der Waals surface area contributed by atoms with Crippen LogP contribution in [-0.2, 0) is 14.8 Å². The van der Waals surface area contributed by atoms with Crippen LogP contribution in [0.3, 0.4) is 0 Å². The van der Waals surface area contributed by atoms with Crippen molar-refractivity contribution >= 4 is 21.8 Å². The molecule has 0 bridgehead atoms. The normalized spacial score (nSPS) is 15.8. The SMILES string of the molecule is CC[C@@H](NC(=O)CN1C(=O)c2ccccc2S1(=O)=O)c1ccc(OC)c(C)c1. The number of rotatable bonds is 6. The molecule has 28 heavy (non-hydrogen) atoms. The number of nitrogens with one attached hydrogen (secondary N) is 1. The predicted molar refractivity (Wildman–Crippen MR) is 104 cm³/mol. The molecular weight excluding hydrogens is 380 g/mol. The summed E-state index contributed by atoms with van der Waals surface area (Å²) in [6, 6.07) is 11.2. The molecule has 8 heteroatoms. The molecule has 0 saturated carbocycles. The van der Waals surface area contributed by atoms with E-state index in [2.05, 4.69) is 5.32 Å². The van der Waals surface area contributed by atoms with Crippen molar-refractivity contribution in [2.45, 2.75) is 31.2 Å². The Bertz CT molecular complexity index is 1030. The van der Waals surface area contributed by atoms with Gasteiger partial charge in [-0.05, 0) is 42.7 Å². The van der Waals surface area contributed by atoms with Crippen LogP contribution in [-0.4, -0.2) is 38.2 Å². The Hall–Kier alpha value is -2.87. The van der Waals surface area contributed by atoms with Crippen LogP contribution in [0.5, 0.6) is 5.75 Å². The van der Waals surface area contributed by atoms with Crippen LogP contribution in [0.2, 0.25) is 0 Å². The second kappa shape index (κ2) is 7.63. The van der Waals surface area contributed by atoms with Gasteiger partial charge < -0.3 is 10.1 Å². The molecule has 0 fully saturated rings. The van der Waals surface area contributed by atoms with Crippen molar-refractivity contribution in [2.75, 3.05) is 13.7 Å². The number of fused-ring (bicyclic) bond motifs is 1. The fraction of sp³-hybridized carbons (Fsp3) is 0.300. The van der Waals surface area contributed by atoms with Gasteiger partial charge in [0.25, 0.3) is 15.9 Å². The Balaban J connectivity index is 1.76. The summed E-state index contributed by atoms with van der Waals surface area (Å²) in [5, 5.41) is 2.82. The van der Waals surface area contributed by atoms with Crippen molar-refractivity contribution in [1.29, 1.82) is 0 Å². The summed E-state index contributed by atoms with van der Waals surface area (Å²) in [5.41, 5.74) is 1.90. The molecule has 2 amide bonds. The number of methoxy groups -OCH3 is 1. The number of aryl methyl sites for hydroxylation is 1. The molecule has 0 saturated heterocycles. The first-order valence-corrected chi connectivity index (χ1v) is 10.3. The molecule has 0 radical (unpaired) electrons. The number of benzene rings is 2. The number of sulfonamides is 1. The van der Waals surface area contributed by atoms with Crippen LogP contribution in [0.25, 0.3) is 0 Å². The van der Waals surface area contributed by atoms with Crippen LogP contribution in [0.4, 0.5) is 0 Å². The molecule has 7 nitrogen and oxygen atoms in total. The molecule has 2 aromatic rings. The predicted octanol–water partition coefficient (Wildman–Crippen LogP) is 2.42. The van der Waals surface area contributed by atoms with Crippen molar-refractivity contribution in [1.82, 2.24) is 9.62 Å². The van der Waals surface area contributed by atoms with Gasteiger partial charge >= 0.3 is 0 Å². The number of hydrogen-bond acceptors (Lipinski definition) is 5. The molecule has 148 valence electrons. The minimum Gasteiger partial charge on any atom is -0.496 e. The molecule has 0 spiro atoms. The fourth-order valence-electron chi connectivity index (χ4n) is 3.30. The average molecular weight is 402 g/mol. The van der Waals surface area contributed by atoms with Crippen molar-refractivity contribution in [3.8, 4) is 5.75 Å². The summed E-state index contributed by atoms with van der Waals surface area (Å²) < 4.78 is 31.0. The van der Waals surface area contributed by atoms with Crippen molar-refractivity contribution in [2.24, 2.45) is 0 Å². The molecule has 1 atom stereocenters. The molecule has 1 heterocycles. The first-order valence-electron chi connectivity index (χ1n) is 8.89. The lowest BCUT2D eigenvalue weighted by atomic mass is 10.0. The van der Waals surface area contributed by atoms with E-state index in [-0.39, 0.29) is 16.5 Å². The topological polar surface area (TPSA) is 92.8 Å². The maximum atomic E-state index is 12.6. The molecule has 0 unspecified atom stereocenters. The molecule has 2 aromatic carbocycles. The maximum Gasteiger partial charge on any atom is 0.269 e. The number of nitrogens with zero attached hydrogens (tertiary/aromatic N) is 1. The van der Waals surface area contributed by atoms with Gasteiger partial charge in [-0.3, -0.25) is 9.59 Å². The highest BCUT2D eigenvalue weighted by atomic mass is 32.2. The highest BCUT2D eigenvalue weighted by Crippen LogP contribution is 2.30. The molecule has 1 aliphatic heterocycles. The highest BCUT2D eigenvalue weighted by molar-refractivity contribution is 7.90. The van der Waals surface area contributed by atoms with Crippen LogP contribution in [0, 0.1) is 6.92 Å². The molecular formula is C20H22N2O5S. The van der Waals surface area contributed by atoms with Crippen molar-refractivity contribution in [3.05, 3.63) is 59.2 Å². The third-order valence-electron chi connectivity index (χ3n) is 4.76. The van der Waals surface area contributed by atoms with Gasteiger partial charge in [0.2, 0.25) is 5.91 Å². The zero-order valence-electron chi connectivity index (χ0n) is 15.9. The van der Waals surface area contributed by atoms with Gasteiger partial charge in [-0.1, -0.05) is 31.2 Å². The number of hydrogen-bond donors (Lipinski definition) is 1. The van der Waals surface area contributed by atoms with Gasteiger partial charge in [0.1, 0.15) is 17.2 Å². The monoisotopic (exact) mass is 402 g/mol. The lowest BCUT2D eigenvalue weighted by Gasteiger charge is -2.21. The standard InChI is InChI=1S/C20H22N2O5S/c1-4-16(14-9-10-17(27-3)13(2)11-14)21-19(23)12-22-20(24)15-7-5-6-8-18(15)28(22,25)26/h5-11,16H,4,12H2,1-3H3,(H,21,23)/t16-/m1/s1. The summed E-state index contributed by atoms with van der Waals surface area (Å²) in [6.45, 7) is 3.27. The van der Waals surface area contributed by atoms with Gasteiger partial charge in [-0.2, -0.15) is 0 Å². The first kappa shape index (κ1) is 19.9. The van der Waals surface area contributed by atoms with E-state index in [4.69, 9.17) is 4.74 Å². The van der Waals surface area contributed by atoms with E-state index in [1.54, 1.807) is 19.2 Å². The Morgan fingerprint density at radius 2 is 1.93 bits per heavy atom. The number of ether oxygens (including phenoxy) is 1. The second-order valence-electron chi connectivity index (χ2n) is 6.57. The quantitative estimate of drug-likeness (QED) is 0.801. The largest absolute Gasteiger partial charge is 0.496 e. The summed E-state index contributed by atoms with van der Waals surface area (Å²) in [4.78, 5) is 24.9. The minimum absolute atomic E-state index is 0.0642. The van der Waals surface area contributed by atoms with E-state index in [0.717, 1.165) is 16.9 Å². The molecule has 1 N–H and O–H groups in total. The molecule has 1 aliphatic rings. The Labute approximate surface area is 164 Å². The summed E-state index contributed by atoms with van der Waals surface area (Å²) in [6.07, 6.45) is 0.610. The highest BCUT2D eigenvalue weighted by Gasteiger charge is 2.41. The summed E-state index contributed by atoms with van der Waals surface area (Å²) in [7, 11) is -2.42. The average Bonchev–Trinajstić information content (AvgIpc) is 2.87. The fourth-order valence-corrected chi connectivity index (χ4v) is 4.82.